The van der Waals surface area contributed by atoms with E-state index in [4.69, 9.17) is 16.3 Å². The molecule has 0 aromatic heterocycles. The summed E-state index contributed by atoms with van der Waals surface area (Å²) in [7, 11) is 1.69. The Morgan fingerprint density at radius 1 is 1.23 bits per heavy atom. The lowest BCUT2D eigenvalue weighted by atomic mass is 9.66. The maximum Gasteiger partial charge on any atom is 0.253 e. The van der Waals surface area contributed by atoms with Gasteiger partial charge in [0.25, 0.3) is 5.91 Å². The zero-order valence-corrected chi connectivity index (χ0v) is 25.0. The quantitative estimate of drug-likeness (QED) is 0.406. The molecule has 3 fully saturated rings. The minimum Gasteiger partial charge on any atom is -0.394 e. The third-order valence-corrected chi connectivity index (χ3v) is 9.18. The van der Waals surface area contributed by atoms with Crippen molar-refractivity contribution in [3.63, 3.8) is 0 Å². The predicted molar refractivity (Wildman–Crippen MR) is 156 cm³/mol. The lowest BCUT2D eigenvalue weighted by Crippen LogP contribution is -2.59. The Morgan fingerprint density at radius 2 is 1.90 bits per heavy atom. The Hall–Kier alpha value is -2.68. The molecule has 0 aliphatic carbocycles. The summed E-state index contributed by atoms with van der Waals surface area (Å²) >= 11 is 6.64. The highest BCUT2D eigenvalue weighted by molar-refractivity contribution is 6.34. The van der Waals surface area contributed by atoms with Gasteiger partial charge in [-0.2, -0.15) is 0 Å². The van der Waals surface area contributed by atoms with Crippen molar-refractivity contribution in [3.8, 4) is 0 Å². The number of rotatable bonds is 11. The first kappa shape index (κ1) is 30.3. The van der Waals surface area contributed by atoms with Crippen LogP contribution in [0.2, 0.25) is 5.02 Å². The van der Waals surface area contributed by atoms with E-state index in [9.17, 15) is 19.5 Å². The van der Waals surface area contributed by atoms with Crippen LogP contribution in [-0.2, 0) is 19.1 Å². The fourth-order valence-electron chi connectivity index (χ4n) is 7.29. The number of hydrogen-bond donors (Lipinski definition) is 1. The maximum absolute atomic E-state index is 14.8. The Morgan fingerprint density at radius 3 is 2.48 bits per heavy atom. The summed E-state index contributed by atoms with van der Waals surface area (Å²) in [5, 5.41) is 10.9. The van der Waals surface area contributed by atoms with Crippen LogP contribution in [0.1, 0.15) is 45.6 Å². The van der Waals surface area contributed by atoms with Gasteiger partial charge in [-0.1, -0.05) is 49.7 Å². The molecule has 3 amide bonds. The number of fused-ring (bicyclic) bond motifs is 1. The van der Waals surface area contributed by atoms with E-state index in [2.05, 4.69) is 13.2 Å². The number of likely N-dealkylation sites (N-methyl/N-ethyl adjacent to an activating group) is 1. The normalized spacial score (nSPS) is 29.4. The summed E-state index contributed by atoms with van der Waals surface area (Å²) in [6.07, 6.45) is 4.74. The fourth-order valence-corrected chi connectivity index (χ4v) is 7.61. The van der Waals surface area contributed by atoms with Gasteiger partial charge in [0.2, 0.25) is 11.8 Å². The van der Waals surface area contributed by atoms with E-state index in [1.54, 1.807) is 35.1 Å². The summed E-state index contributed by atoms with van der Waals surface area (Å²) in [4.78, 5) is 47.8. The number of amides is 3. The summed E-state index contributed by atoms with van der Waals surface area (Å²) in [6.45, 7) is 15.6. The molecule has 0 radical (unpaired) electrons. The average molecular weight is 572 g/mol. The Kier molecular flexibility index (Phi) is 8.56. The SMILES string of the molecule is C=CCN(C)C(=O)[C@H]1[C@H]2C(=O)N([C@@H](CO)CC(C)C)C(C(=O)N(CC=C)c3c(C)cccc3Cl)C23CC[C@]1(C)O3. The van der Waals surface area contributed by atoms with E-state index in [1.807, 2.05) is 39.8 Å². The van der Waals surface area contributed by atoms with E-state index >= 15 is 0 Å². The molecule has 1 aromatic carbocycles. The van der Waals surface area contributed by atoms with Crippen LogP contribution >= 0.6 is 11.6 Å². The first-order valence-electron chi connectivity index (χ1n) is 14.0. The molecule has 1 N–H and O–H groups in total. The third kappa shape index (κ3) is 4.68. The van der Waals surface area contributed by atoms with E-state index in [1.165, 1.54) is 4.90 Å². The predicted octanol–water partition coefficient (Wildman–Crippen LogP) is 3.98. The van der Waals surface area contributed by atoms with Crippen molar-refractivity contribution in [1.82, 2.24) is 9.80 Å². The van der Waals surface area contributed by atoms with Crippen molar-refractivity contribution in [2.75, 3.05) is 31.6 Å². The number of nitrogens with zero attached hydrogens (tertiary/aromatic N) is 3. The average Bonchev–Trinajstić information content (AvgIpc) is 3.46. The molecule has 8 nitrogen and oxygen atoms in total. The zero-order valence-electron chi connectivity index (χ0n) is 24.2. The molecule has 3 saturated heterocycles. The van der Waals surface area contributed by atoms with Crippen LogP contribution in [0.3, 0.4) is 0 Å². The lowest BCUT2D eigenvalue weighted by molar-refractivity contribution is -0.151. The van der Waals surface area contributed by atoms with Crippen molar-refractivity contribution in [1.29, 1.82) is 0 Å². The maximum atomic E-state index is 14.8. The number of para-hydroxylation sites is 1. The second-order valence-electron chi connectivity index (χ2n) is 12.1. The molecule has 6 atom stereocenters. The highest BCUT2D eigenvalue weighted by atomic mass is 35.5. The molecule has 3 heterocycles. The molecule has 3 aliphatic rings. The molecule has 218 valence electrons. The van der Waals surface area contributed by atoms with Crippen molar-refractivity contribution < 1.29 is 24.2 Å². The molecular weight excluding hydrogens is 530 g/mol. The van der Waals surface area contributed by atoms with Gasteiger partial charge in [-0.25, -0.2) is 0 Å². The molecule has 2 unspecified atom stereocenters. The summed E-state index contributed by atoms with van der Waals surface area (Å²) in [5.74, 6) is -2.33. The van der Waals surface area contributed by atoms with Gasteiger partial charge in [0.15, 0.2) is 0 Å². The second kappa shape index (κ2) is 11.3. The minimum absolute atomic E-state index is 0.152. The third-order valence-electron chi connectivity index (χ3n) is 8.88. The van der Waals surface area contributed by atoms with Gasteiger partial charge in [-0.3, -0.25) is 14.4 Å². The first-order chi connectivity index (χ1) is 18.9. The van der Waals surface area contributed by atoms with Gasteiger partial charge in [0.05, 0.1) is 40.8 Å². The molecule has 4 rings (SSSR count). The largest absolute Gasteiger partial charge is 0.394 e. The molecule has 40 heavy (non-hydrogen) atoms. The van der Waals surface area contributed by atoms with E-state index < -0.39 is 35.1 Å². The molecule has 1 aromatic rings. The number of aliphatic hydroxyl groups excluding tert-OH is 1. The summed E-state index contributed by atoms with van der Waals surface area (Å²) in [6, 6.07) is 3.77. The number of benzene rings is 1. The molecule has 1 spiro atoms. The first-order valence-corrected chi connectivity index (χ1v) is 14.4. The number of halogens is 1. The van der Waals surface area contributed by atoms with Crippen molar-refractivity contribution in [2.45, 2.75) is 70.2 Å². The number of carbonyl (C=O) groups is 3. The van der Waals surface area contributed by atoms with E-state index in [0.29, 0.717) is 36.5 Å². The number of aliphatic hydroxyl groups is 1. The summed E-state index contributed by atoms with van der Waals surface area (Å²) in [5.41, 5.74) is -0.760. The van der Waals surface area contributed by atoms with Crippen LogP contribution in [0.25, 0.3) is 0 Å². The number of ether oxygens (including phenoxy) is 1. The fraction of sp³-hybridized carbons (Fsp3) is 0.581. The van der Waals surface area contributed by atoms with Crippen molar-refractivity contribution in [2.24, 2.45) is 17.8 Å². The lowest BCUT2D eigenvalue weighted by Gasteiger charge is -2.40. The number of hydrogen-bond acceptors (Lipinski definition) is 5. The number of aryl methyl sites for hydroxylation is 1. The number of anilines is 1. The highest BCUT2D eigenvalue weighted by Gasteiger charge is 2.78. The molecule has 9 heteroatoms. The highest BCUT2D eigenvalue weighted by Crippen LogP contribution is 2.64. The number of carbonyl (C=O) groups excluding carboxylic acids is 3. The van der Waals surface area contributed by atoms with Crippen LogP contribution in [0.5, 0.6) is 0 Å². The van der Waals surface area contributed by atoms with Crippen LogP contribution in [0.4, 0.5) is 5.69 Å². The van der Waals surface area contributed by atoms with Crippen LogP contribution in [-0.4, -0.2) is 82.7 Å². The van der Waals surface area contributed by atoms with E-state index in [0.717, 1.165) is 5.56 Å². The smallest absolute Gasteiger partial charge is 0.253 e. The van der Waals surface area contributed by atoms with Crippen LogP contribution in [0, 0.1) is 24.7 Å². The Bertz CT molecular complexity index is 1180. The van der Waals surface area contributed by atoms with Crippen LogP contribution in [0.15, 0.2) is 43.5 Å². The molecule has 2 bridgehead atoms. The Balaban J connectivity index is 1.89. The van der Waals surface area contributed by atoms with Crippen molar-refractivity contribution >= 4 is 35.0 Å². The van der Waals surface area contributed by atoms with E-state index in [-0.39, 0.29) is 36.8 Å². The van der Waals surface area contributed by atoms with Gasteiger partial charge >= 0.3 is 0 Å². The van der Waals surface area contributed by atoms with Gasteiger partial charge < -0.3 is 24.5 Å². The Labute approximate surface area is 242 Å². The minimum atomic E-state index is -1.21. The van der Waals surface area contributed by atoms with Gasteiger partial charge in [-0.15, -0.1) is 13.2 Å². The zero-order chi connectivity index (χ0) is 29.6. The monoisotopic (exact) mass is 571 g/mol. The van der Waals surface area contributed by atoms with Crippen molar-refractivity contribution in [3.05, 3.63) is 54.1 Å². The van der Waals surface area contributed by atoms with Gasteiger partial charge in [0.1, 0.15) is 11.6 Å². The van der Waals surface area contributed by atoms with Crippen LogP contribution < -0.4 is 4.90 Å². The summed E-state index contributed by atoms with van der Waals surface area (Å²) < 4.78 is 6.77. The second-order valence-corrected chi connectivity index (χ2v) is 12.5. The molecule has 0 saturated carbocycles. The number of likely N-dealkylation sites (tertiary alicyclic amines) is 1. The molecule has 3 aliphatic heterocycles. The molecular formula is C31H42ClN3O5. The van der Waals surface area contributed by atoms with Gasteiger partial charge in [-0.05, 0) is 50.7 Å². The van der Waals surface area contributed by atoms with Gasteiger partial charge in [0, 0.05) is 20.1 Å². The topological polar surface area (TPSA) is 90.4 Å². The standard InChI is InChI=1S/C31H42ClN3O5/c1-8-15-33(7)27(37)23-24-28(38)35(21(18-36)17-19(3)4)26(31(24)14-13-30(23,6)40-31)29(39)34(16-9-2)25-20(5)11-10-12-22(25)32/h8-12,19,21,23-24,26,36H,1-2,13-18H2,3-7H3/t21-,23-,24+,26?,30+,31?/m1/s1.